The molecule has 4 heteroatoms. The van der Waals surface area contributed by atoms with E-state index in [1.165, 1.54) is 0 Å². The SMILES string of the molecule is NCC(=O)Oc1ccccc1.[H-].[Na+]. The van der Waals surface area contributed by atoms with Crippen molar-refractivity contribution in [2.24, 2.45) is 5.73 Å². The molecule has 0 aliphatic rings. The first-order valence-electron chi connectivity index (χ1n) is 3.28. The molecule has 1 aromatic rings. The molecule has 0 aliphatic carbocycles. The molecule has 0 aliphatic heterocycles. The van der Waals surface area contributed by atoms with Crippen molar-refractivity contribution in [2.45, 2.75) is 0 Å². The molecular weight excluding hydrogens is 165 g/mol. The zero-order valence-corrected chi connectivity index (χ0v) is 8.99. The fourth-order valence-electron chi connectivity index (χ4n) is 0.662. The first kappa shape index (κ1) is 11.6. The van der Waals surface area contributed by atoms with Gasteiger partial charge in [0.05, 0.1) is 6.54 Å². The van der Waals surface area contributed by atoms with Crippen LogP contribution in [-0.4, -0.2) is 12.5 Å². The largest absolute Gasteiger partial charge is 1.00 e. The van der Waals surface area contributed by atoms with Crippen LogP contribution in [0.3, 0.4) is 0 Å². The third-order valence-corrected chi connectivity index (χ3v) is 1.14. The first-order valence-corrected chi connectivity index (χ1v) is 3.28. The van der Waals surface area contributed by atoms with Gasteiger partial charge in [-0.25, -0.2) is 0 Å². The molecule has 0 fully saturated rings. The van der Waals surface area contributed by atoms with Crippen LogP contribution in [0.4, 0.5) is 0 Å². The van der Waals surface area contributed by atoms with Gasteiger partial charge in [0.2, 0.25) is 0 Å². The van der Waals surface area contributed by atoms with E-state index in [1.807, 2.05) is 6.07 Å². The quantitative estimate of drug-likeness (QED) is 0.311. The Morgan fingerprint density at radius 2 is 2.00 bits per heavy atom. The van der Waals surface area contributed by atoms with Crippen molar-refractivity contribution >= 4 is 5.97 Å². The van der Waals surface area contributed by atoms with Gasteiger partial charge in [0, 0.05) is 0 Å². The fraction of sp³-hybridized carbons (Fsp3) is 0.125. The molecule has 0 saturated heterocycles. The minimum atomic E-state index is -0.420. The summed E-state index contributed by atoms with van der Waals surface area (Å²) in [5.41, 5.74) is 5.05. The Labute approximate surface area is 94.7 Å². The van der Waals surface area contributed by atoms with E-state index in [0.29, 0.717) is 5.75 Å². The molecule has 0 bridgehead atoms. The molecule has 0 amide bonds. The average Bonchev–Trinajstić information content (AvgIpc) is 2.06. The number of para-hydroxylation sites is 1. The van der Waals surface area contributed by atoms with Crippen molar-refractivity contribution in [1.29, 1.82) is 0 Å². The molecule has 3 nitrogen and oxygen atoms in total. The number of nitrogens with two attached hydrogens (primary N) is 1. The van der Waals surface area contributed by atoms with Crippen molar-refractivity contribution in [1.82, 2.24) is 0 Å². The van der Waals surface area contributed by atoms with Crippen molar-refractivity contribution in [3.63, 3.8) is 0 Å². The van der Waals surface area contributed by atoms with Crippen LogP contribution in [0.2, 0.25) is 0 Å². The third-order valence-electron chi connectivity index (χ3n) is 1.14. The number of carbonyl (C=O) groups excluding carboxylic acids is 1. The monoisotopic (exact) mass is 175 g/mol. The predicted molar refractivity (Wildman–Crippen MR) is 42.2 cm³/mol. The third kappa shape index (κ3) is 3.88. The second-order valence-electron chi connectivity index (χ2n) is 1.99. The zero-order valence-electron chi connectivity index (χ0n) is 7.99. The van der Waals surface area contributed by atoms with Crippen LogP contribution in [0.5, 0.6) is 5.75 Å². The summed E-state index contributed by atoms with van der Waals surface area (Å²) in [6.45, 7) is -0.0884. The van der Waals surface area contributed by atoms with Gasteiger partial charge in [0.1, 0.15) is 5.75 Å². The summed E-state index contributed by atoms with van der Waals surface area (Å²) in [6.07, 6.45) is 0. The van der Waals surface area contributed by atoms with E-state index < -0.39 is 5.97 Å². The van der Waals surface area contributed by atoms with Crippen molar-refractivity contribution in [3.8, 4) is 5.75 Å². The molecule has 1 rings (SSSR count). The van der Waals surface area contributed by atoms with Gasteiger partial charge in [-0.05, 0) is 12.1 Å². The summed E-state index contributed by atoms with van der Waals surface area (Å²) in [7, 11) is 0. The Morgan fingerprint density at radius 1 is 1.42 bits per heavy atom. The van der Waals surface area contributed by atoms with Crippen LogP contribution in [0.1, 0.15) is 1.43 Å². The van der Waals surface area contributed by atoms with E-state index in [0.717, 1.165) is 0 Å². The Hall–Kier alpha value is -0.350. The van der Waals surface area contributed by atoms with Gasteiger partial charge in [0.25, 0.3) is 0 Å². The van der Waals surface area contributed by atoms with E-state index in [-0.39, 0.29) is 37.5 Å². The van der Waals surface area contributed by atoms with Crippen LogP contribution in [0.15, 0.2) is 30.3 Å². The maximum absolute atomic E-state index is 10.6. The molecule has 0 aromatic heterocycles. The molecule has 0 saturated carbocycles. The minimum Gasteiger partial charge on any atom is -1.00 e. The molecule has 0 spiro atoms. The summed E-state index contributed by atoms with van der Waals surface area (Å²) < 4.78 is 4.80. The maximum atomic E-state index is 10.6. The van der Waals surface area contributed by atoms with E-state index in [2.05, 4.69) is 0 Å². The van der Waals surface area contributed by atoms with Crippen LogP contribution < -0.4 is 40.0 Å². The smallest absolute Gasteiger partial charge is 1.00 e. The van der Waals surface area contributed by atoms with Gasteiger partial charge < -0.3 is 11.9 Å². The second kappa shape index (κ2) is 6.20. The van der Waals surface area contributed by atoms with Gasteiger partial charge in [0.15, 0.2) is 0 Å². The standard InChI is InChI=1S/C8H9NO2.Na.H/c9-6-8(10)11-7-4-2-1-3-5-7;;/h1-5H,6,9H2;;/q;+1;-1. The van der Waals surface area contributed by atoms with Crippen molar-refractivity contribution in [2.75, 3.05) is 6.54 Å². The minimum absolute atomic E-state index is 0. The van der Waals surface area contributed by atoms with Crippen LogP contribution in [0.25, 0.3) is 0 Å². The number of carbonyl (C=O) groups is 1. The molecular formula is C8H10NNaO2. The summed E-state index contributed by atoms with van der Waals surface area (Å²) in [4.78, 5) is 10.6. The topological polar surface area (TPSA) is 52.3 Å². The molecule has 0 heterocycles. The van der Waals surface area contributed by atoms with Gasteiger partial charge in [-0.3, -0.25) is 4.79 Å². The van der Waals surface area contributed by atoms with Gasteiger partial charge in [-0.15, -0.1) is 0 Å². The summed E-state index contributed by atoms with van der Waals surface area (Å²) >= 11 is 0. The van der Waals surface area contributed by atoms with Gasteiger partial charge in [-0.1, -0.05) is 18.2 Å². The molecule has 0 radical (unpaired) electrons. The normalized spacial score (nSPS) is 8.42. The Morgan fingerprint density at radius 3 is 2.50 bits per heavy atom. The number of benzene rings is 1. The van der Waals surface area contributed by atoms with E-state index >= 15 is 0 Å². The number of esters is 1. The van der Waals surface area contributed by atoms with Gasteiger partial charge >= 0.3 is 35.5 Å². The van der Waals surface area contributed by atoms with Crippen molar-refractivity contribution in [3.05, 3.63) is 30.3 Å². The summed E-state index contributed by atoms with van der Waals surface area (Å²) in [5.74, 6) is 0.110. The number of hydrogen-bond donors (Lipinski definition) is 1. The molecule has 2 N–H and O–H groups in total. The fourth-order valence-corrected chi connectivity index (χ4v) is 0.662. The summed E-state index contributed by atoms with van der Waals surface area (Å²) in [6, 6.07) is 8.83. The number of ether oxygens (including phenoxy) is 1. The second-order valence-corrected chi connectivity index (χ2v) is 1.99. The summed E-state index contributed by atoms with van der Waals surface area (Å²) in [5, 5.41) is 0. The predicted octanol–water partition coefficient (Wildman–Crippen LogP) is -2.33. The maximum Gasteiger partial charge on any atom is 1.00 e. The molecule has 1 aromatic carbocycles. The molecule has 0 unspecified atom stereocenters. The average molecular weight is 175 g/mol. The number of rotatable bonds is 2. The Bertz CT molecular complexity index is 243. The Kier molecular flexibility index (Phi) is 6.02. The Balaban J connectivity index is 0. The van der Waals surface area contributed by atoms with Crippen LogP contribution in [-0.2, 0) is 4.79 Å². The first-order chi connectivity index (χ1) is 5.33. The van der Waals surface area contributed by atoms with E-state index in [9.17, 15) is 4.79 Å². The van der Waals surface area contributed by atoms with Crippen LogP contribution >= 0.6 is 0 Å². The molecule has 60 valence electrons. The van der Waals surface area contributed by atoms with E-state index in [4.69, 9.17) is 10.5 Å². The molecule has 0 atom stereocenters. The molecule has 12 heavy (non-hydrogen) atoms. The zero-order chi connectivity index (χ0) is 8.10. The van der Waals surface area contributed by atoms with E-state index in [1.54, 1.807) is 24.3 Å². The number of hydrogen-bond acceptors (Lipinski definition) is 3. The van der Waals surface area contributed by atoms with Crippen molar-refractivity contribution < 1.29 is 40.5 Å². The van der Waals surface area contributed by atoms with Gasteiger partial charge in [-0.2, -0.15) is 0 Å². The van der Waals surface area contributed by atoms with Crippen LogP contribution in [0, 0.1) is 0 Å².